The number of aromatic nitrogens is 2. The molecule has 0 saturated carbocycles. The van der Waals surface area contributed by atoms with Gasteiger partial charge in [-0.1, -0.05) is 32.0 Å². The summed E-state index contributed by atoms with van der Waals surface area (Å²) in [6.45, 7) is 6.31. The number of para-hydroxylation sites is 1. The lowest BCUT2D eigenvalue weighted by atomic mass is 10.1. The summed E-state index contributed by atoms with van der Waals surface area (Å²) in [6.07, 6.45) is 4.62. The van der Waals surface area contributed by atoms with Gasteiger partial charge in [0.15, 0.2) is 11.5 Å². The van der Waals surface area contributed by atoms with E-state index in [0.717, 1.165) is 50.0 Å². The van der Waals surface area contributed by atoms with Gasteiger partial charge in [0, 0.05) is 32.4 Å². The van der Waals surface area contributed by atoms with Crippen LogP contribution in [0.2, 0.25) is 0 Å². The Morgan fingerprint density at radius 2 is 1.71 bits per heavy atom. The summed E-state index contributed by atoms with van der Waals surface area (Å²) in [7, 11) is 1.76. The van der Waals surface area contributed by atoms with E-state index in [0.29, 0.717) is 24.6 Å². The molecule has 150 valence electrons. The average Bonchev–Trinajstić information content (AvgIpc) is 3.12. The van der Waals surface area contributed by atoms with Crippen LogP contribution < -0.4 is 4.90 Å². The Morgan fingerprint density at radius 1 is 1.04 bits per heavy atom. The molecule has 0 atom stereocenters. The van der Waals surface area contributed by atoms with Gasteiger partial charge in [-0.05, 0) is 44.2 Å². The molecule has 28 heavy (non-hydrogen) atoms. The van der Waals surface area contributed by atoms with Crippen molar-refractivity contribution in [2.75, 3.05) is 25.0 Å². The lowest BCUT2D eigenvalue weighted by Gasteiger charge is -2.23. The summed E-state index contributed by atoms with van der Waals surface area (Å²) in [4.78, 5) is 34.5. The highest BCUT2D eigenvalue weighted by molar-refractivity contribution is 6.06. The van der Waals surface area contributed by atoms with Crippen LogP contribution in [-0.4, -0.2) is 46.4 Å². The molecule has 1 aromatic heterocycles. The van der Waals surface area contributed by atoms with Crippen molar-refractivity contribution in [1.82, 2.24) is 14.5 Å². The fraction of sp³-hybridized carbons (Fsp3) is 0.500. The third kappa shape index (κ3) is 3.96. The molecular weight excluding hydrogens is 352 g/mol. The van der Waals surface area contributed by atoms with E-state index in [4.69, 9.17) is 0 Å². The molecule has 0 saturated heterocycles. The maximum Gasteiger partial charge on any atom is 0.289 e. The minimum absolute atomic E-state index is 0.0618. The third-order valence-electron chi connectivity index (χ3n) is 5.23. The molecule has 0 aliphatic carbocycles. The Kier molecular flexibility index (Phi) is 6.49. The van der Waals surface area contributed by atoms with Crippen LogP contribution in [0.25, 0.3) is 0 Å². The van der Waals surface area contributed by atoms with Crippen molar-refractivity contribution >= 4 is 17.5 Å². The van der Waals surface area contributed by atoms with Gasteiger partial charge in [0.2, 0.25) is 0 Å². The standard InChI is InChI=1S/C22H30N4O2/c1-4-14-25(15-5-2)22(28)20-23-19(18-13-9-10-16-26(18)20)21(27)24(3)17-11-7-6-8-12-17/h6-8,11-12H,4-5,9-10,13-16H2,1-3H3. The summed E-state index contributed by atoms with van der Waals surface area (Å²) >= 11 is 0. The number of anilines is 1. The van der Waals surface area contributed by atoms with Gasteiger partial charge in [0.05, 0.1) is 5.69 Å². The van der Waals surface area contributed by atoms with Crippen molar-refractivity contribution in [1.29, 1.82) is 0 Å². The van der Waals surface area contributed by atoms with Crippen LogP contribution in [0.4, 0.5) is 5.69 Å². The van der Waals surface area contributed by atoms with Crippen LogP contribution in [-0.2, 0) is 13.0 Å². The van der Waals surface area contributed by atoms with Crippen molar-refractivity contribution < 1.29 is 9.59 Å². The Balaban J connectivity index is 1.97. The normalized spacial score (nSPS) is 13.1. The highest BCUT2D eigenvalue weighted by Gasteiger charge is 2.30. The second-order valence-corrected chi connectivity index (χ2v) is 7.33. The first-order valence-electron chi connectivity index (χ1n) is 10.3. The van der Waals surface area contributed by atoms with Crippen molar-refractivity contribution in [2.24, 2.45) is 0 Å². The Morgan fingerprint density at radius 3 is 2.36 bits per heavy atom. The first-order valence-corrected chi connectivity index (χ1v) is 10.3. The number of carbonyl (C=O) groups excluding carboxylic acids is 2. The van der Waals surface area contributed by atoms with Crippen molar-refractivity contribution in [3.8, 4) is 0 Å². The molecule has 1 aliphatic rings. The summed E-state index contributed by atoms with van der Waals surface area (Å²) < 4.78 is 1.98. The van der Waals surface area contributed by atoms with Crippen LogP contribution in [0.15, 0.2) is 30.3 Å². The number of nitrogens with zero attached hydrogens (tertiary/aromatic N) is 4. The smallest absolute Gasteiger partial charge is 0.289 e. The number of amides is 2. The predicted molar refractivity (Wildman–Crippen MR) is 111 cm³/mol. The number of carbonyl (C=O) groups is 2. The minimum atomic E-state index is -0.159. The molecule has 1 aromatic carbocycles. The average molecular weight is 383 g/mol. The second kappa shape index (κ2) is 9.04. The van der Waals surface area contributed by atoms with E-state index in [1.54, 1.807) is 11.9 Å². The Hall–Kier alpha value is -2.63. The number of hydrogen-bond acceptors (Lipinski definition) is 3. The Labute approximate surface area is 167 Å². The number of hydrogen-bond donors (Lipinski definition) is 0. The van der Waals surface area contributed by atoms with Gasteiger partial charge in [-0.15, -0.1) is 0 Å². The molecular formula is C22H30N4O2. The van der Waals surface area contributed by atoms with Crippen LogP contribution in [0.3, 0.4) is 0 Å². The molecule has 2 heterocycles. The number of benzene rings is 1. The van der Waals surface area contributed by atoms with Crippen LogP contribution in [0, 0.1) is 0 Å². The van der Waals surface area contributed by atoms with Gasteiger partial charge in [-0.25, -0.2) is 4.98 Å². The molecule has 1 aliphatic heterocycles. The SMILES string of the molecule is CCCN(CCC)C(=O)c1nc(C(=O)N(C)c2ccccc2)c2n1CCCC2. The predicted octanol–water partition coefficient (Wildman–Crippen LogP) is 3.76. The Bertz CT molecular complexity index is 823. The molecule has 6 heteroatoms. The number of imidazole rings is 1. The quantitative estimate of drug-likeness (QED) is 0.733. The van der Waals surface area contributed by atoms with Crippen LogP contribution in [0.1, 0.15) is 66.3 Å². The highest BCUT2D eigenvalue weighted by Crippen LogP contribution is 2.24. The summed E-state index contributed by atoms with van der Waals surface area (Å²) in [5.74, 6) is 0.197. The zero-order chi connectivity index (χ0) is 20.1. The zero-order valence-corrected chi connectivity index (χ0v) is 17.1. The monoisotopic (exact) mass is 382 g/mol. The largest absolute Gasteiger partial charge is 0.336 e. The van der Waals surface area contributed by atoms with Gasteiger partial charge in [0.1, 0.15) is 0 Å². The molecule has 0 N–H and O–H groups in total. The first kappa shape index (κ1) is 20.1. The molecule has 0 fully saturated rings. The summed E-state index contributed by atoms with van der Waals surface area (Å²) in [5.41, 5.74) is 2.13. The maximum atomic E-state index is 13.2. The molecule has 2 amide bonds. The fourth-order valence-electron chi connectivity index (χ4n) is 3.80. The van der Waals surface area contributed by atoms with Crippen molar-refractivity contribution in [2.45, 2.75) is 52.5 Å². The van der Waals surface area contributed by atoms with Gasteiger partial charge in [-0.3, -0.25) is 9.59 Å². The minimum Gasteiger partial charge on any atom is -0.336 e. The summed E-state index contributed by atoms with van der Waals surface area (Å²) in [6, 6.07) is 9.54. The topological polar surface area (TPSA) is 58.4 Å². The van der Waals surface area contributed by atoms with E-state index < -0.39 is 0 Å². The van der Waals surface area contributed by atoms with Crippen LogP contribution in [0.5, 0.6) is 0 Å². The van der Waals surface area contributed by atoms with Crippen LogP contribution >= 0.6 is 0 Å². The van der Waals surface area contributed by atoms with E-state index in [1.165, 1.54) is 0 Å². The molecule has 2 aromatic rings. The fourth-order valence-corrected chi connectivity index (χ4v) is 3.80. The third-order valence-corrected chi connectivity index (χ3v) is 5.23. The summed E-state index contributed by atoms with van der Waals surface area (Å²) in [5, 5.41) is 0. The van der Waals surface area contributed by atoms with Gasteiger partial charge in [-0.2, -0.15) is 0 Å². The molecule has 0 unspecified atom stereocenters. The lowest BCUT2D eigenvalue weighted by Crippen LogP contribution is -2.35. The van der Waals surface area contributed by atoms with Crippen molar-refractivity contribution in [3.63, 3.8) is 0 Å². The maximum absolute atomic E-state index is 13.2. The van der Waals surface area contributed by atoms with E-state index in [1.807, 2.05) is 39.8 Å². The zero-order valence-electron chi connectivity index (χ0n) is 17.1. The number of rotatable bonds is 7. The van der Waals surface area contributed by atoms with E-state index in [9.17, 15) is 9.59 Å². The molecule has 0 radical (unpaired) electrons. The molecule has 3 rings (SSSR count). The molecule has 6 nitrogen and oxygen atoms in total. The highest BCUT2D eigenvalue weighted by atomic mass is 16.2. The van der Waals surface area contributed by atoms with Crippen molar-refractivity contribution in [3.05, 3.63) is 47.5 Å². The van der Waals surface area contributed by atoms with Gasteiger partial charge >= 0.3 is 0 Å². The molecule has 0 bridgehead atoms. The molecule has 0 spiro atoms. The van der Waals surface area contributed by atoms with E-state index in [-0.39, 0.29) is 11.8 Å². The van der Waals surface area contributed by atoms with E-state index >= 15 is 0 Å². The first-order chi connectivity index (χ1) is 13.6. The van der Waals surface area contributed by atoms with Gasteiger partial charge < -0.3 is 14.4 Å². The lowest BCUT2D eigenvalue weighted by molar-refractivity contribution is 0.0737. The van der Waals surface area contributed by atoms with Gasteiger partial charge in [0.25, 0.3) is 11.8 Å². The second-order valence-electron chi connectivity index (χ2n) is 7.33. The number of fused-ring (bicyclic) bond motifs is 1. The van der Waals surface area contributed by atoms with E-state index in [2.05, 4.69) is 18.8 Å².